The molecule has 0 aliphatic heterocycles. The lowest BCUT2D eigenvalue weighted by molar-refractivity contribution is -0.167. The topological polar surface area (TPSA) is 38.8 Å². The molecule has 0 aliphatic carbocycles. The van der Waals surface area contributed by atoms with Gasteiger partial charge in [-0.2, -0.15) is 0 Å². The third-order valence-electron chi connectivity index (χ3n) is 2.34. The van der Waals surface area contributed by atoms with Crippen LogP contribution in [0, 0.1) is 0 Å². The number of methoxy groups -OCH3 is 1. The summed E-state index contributed by atoms with van der Waals surface area (Å²) in [6, 6.07) is 7.62. The summed E-state index contributed by atoms with van der Waals surface area (Å²) in [5, 5.41) is 1.21. The van der Waals surface area contributed by atoms with Crippen molar-refractivity contribution in [1.82, 2.24) is 5.06 Å². The third kappa shape index (κ3) is 4.28. The van der Waals surface area contributed by atoms with Crippen molar-refractivity contribution in [2.24, 2.45) is 0 Å². The molecule has 1 aromatic rings. The Bertz CT molecular complexity index is 384. The van der Waals surface area contributed by atoms with Gasteiger partial charge in [-0.15, -0.1) is 0 Å². The molecule has 0 aliphatic rings. The lowest BCUT2D eigenvalue weighted by atomic mass is 10.2. The summed E-state index contributed by atoms with van der Waals surface area (Å²) in [5.74, 6) is 0.731. The van der Waals surface area contributed by atoms with Crippen molar-refractivity contribution in [2.45, 2.75) is 6.42 Å². The van der Waals surface area contributed by atoms with Gasteiger partial charge in [-0.1, -0.05) is 24.3 Å². The van der Waals surface area contributed by atoms with E-state index in [1.807, 2.05) is 30.3 Å². The Kier molecular flexibility index (Phi) is 5.23. The third-order valence-corrected chi connectivity index (χ3v) is 2.34. The van der Waals surface area contributed by atoms with Crippen LogP contribution in [0.4, 0.5) is 0 Å². The zero-order valence-corrected chi connectivity index (χ0v) is 10.3. The second-order valence-corrected chi connectivity index (χ2v) is 3.45. The second kappa shape index (κ2) is 6.70. The molecule has 1 amide bonds. The Morgan fingerprint density at radius 3 is 2.47 bits per heavy atom. The van der Waals surface area contributed by atoms with Crippen molar-refractivity contribution < 1.29 is 14.4 Å². The fourth-order valence-corrected chi connectivity index (χ4v) is 1.24. The lowest BCUT2D eigenvalue weighted by Gasteiger charge is -2.11. The first kappa shape index (κ1) is 13.3. The monoisotopic (exact) mass is 235 g/mol. The summed E-state index contributed by atoms with van der Waals surface area (Å²) in [5.41, 5.74) is 1.03. The normalized spacial score (nSPS) is 10.5. The first-order valence-corrected chi connectivity index (χ1v) is 5.28. The van der Waals surface area contributed by atoms with E-state index in [-0.39, 0.29) is 5.91 Å². The van der Waals surface area contributed by atoms with E-state index in [0.717, 1.165) is 11.3 Å². The van der Waals surface area contributed by atoms with Crippen molar-refractivity contribution in [1.29, 1.82) is 0 Å². The Labute approximate surface area is 101 Å². The quantitative estimate of drug-likeness (QED) is 0.734. The number of amides is 1. The highest BCUT2D eigenvalue weighted by atomic mass is 16.7. The number of nitrogens with zero attached hydrogens (tertiary/aromatic N) is 1. The van der Waals surface area contributed by atoms with E-state index in [0.29, 0.717) is 6.42 Å². The van der Waals surface area contributed by atoms with E-state index in [1.165, 1.54) is 12.2 Å². The maximum atomic E-state index is 11.4. The standard InChI is InChI=1S/C13H17NO3/c1-14(17-3)13(15)6-4-5-11-7-9-12(16-2)10-8-11/h4-5,7-10H,6H2,1-3H3. The van der Waals surface area contributed by atoms with Gasteiger partial charge < -0.3 is 4.74 Å². The second-order valence-electron chi connectivity index (χ2n) is 3.45. The van der Waals surface area contributed by atoms with Gasteiger partial charge in [0.05, 0.1) is 14.2 Å². The van der Waals surface area contributed by atoms with Crippen LogP contribution < -0.4 is 4.74 Å². The molecular formula is C13H17NO3. The van der Waals surface area contributed by atoms with Gasteiger partial charge in [-0.25, -0.2) is 5.06 Å². The molecule has 0 bridgehead atoms. The van der Waals surface area contributed by atoms with Gasteiger partial charge >= 0.3 is 0 Å². The van der Waals surface area contributed by atoms with Crippen LogP contribution in [-0.2, 0) is 9.63 Å². The number of ether oxygens (including phenoxy) is 1. The predicted molar refractivity (Wildman–Crippen MR) is 66.4 cm³/mol. The molecule has 92 valence electrons. The number of carbonyl (C=O) groups excluding carboxylic acids is 1. The van der Waals surface area contributed by atoms with Crippen molar-refractivity contribution in [3.8, 4) is 5.75 Å². The van der Waals surface area contributed by atoms with Gasteiger partial charge in [0.15, 0.2) is 0 Å². The fraction of sp³-hybridized carbons (Fsp3) is 0.308. The van der Waals surface area contributed by atoms with Gasteiger partial charge in [0.1, 0.15) is 5.75 Å². The van der Waals surface area contributed by atoms with E-state index in [1.54, 1.807) is 20.2 Å². The molecule has 0 spiro atoms. The van der Waals surface area contributed by atoms with E-state index >= 15 is 0 Å². The summed E-state index contributed by atoms with van der Waals surface area (Å²) < 4.78 is 5.06. The van der Waals surface area contributed by atoms with E-state index in [2.05, 4.69) is 0 Å². The molecule has 17 heavy (non-hydrogen) atoms. The minimum atomic E-state index is -0.0859. The Morgan fingerprint density at radius 2 is 1.94 bits per heavy atom. The highest BCUT2D eigenvalue weighted by molar-refractivity contribution is 5.77. The summed E-state index contributed by atoms with van der Waals surface area (Å²) in [6.07, 6.45) is 4.01. The van der Waals surface area contributed by atoms with Crippen molar-refractivity contribution in [3.05, 3.63) is 35.9 Å². The Hall–Kier alpha value is -1.81. The smallest absolute Gasteiger partial charge is 0.249 e. The van der Waals surface area contributed by atoms with Crippen LogP contribution in [0.25, 0.3) is 6.08 Å². The van der Waals surface area contributed by atoms with Crippen LogP contribution in [0.2, 0.25) is 0 Å². The highest BCUT2D eigenvalue weighted by Crippen LogP contribution is 2.12. The van der Waals surface area contributed by atoms with E-state index in [9.17, 15) is 4.79 Å². The van der Waals surface area contributed by atoms with Gasteiger partial charge in [-0.3, -0.25) is 9.63 Å². The maximum Gasteiger partial charge on any atom is 0.249 e. The number of rotatable bonds is 5. The Balaban J connectivity index is 2.50. The molecule has 0 radical (unpaired) electrons. The molecule has 0 saturated heterocycles. The summed E-state index contributed by atoms with van der Waals surface area (Å²) in [6.45, 7) is 0. The molecule has 4 nitrogen and oxygen atoms in total. The molecule has 1 aromatic carbocycles. The zero-order valence-electron chi connectivity index (χ0n) is 10.3. The molecule has 0 atom stereocenters. The lowest BCUT2D eigenvalue weighted by Crippen LogP contribution is -2.24. The first-order chi connectivity index (χ1) is 8.17. The van der Waals surface area contributed by atoms with Crippen molar-refractivity contribution in [2.75, 3.05) is 21.3 Å². The van der Waals surface area contributed by atoms with Crippen LogP contribution >= 0.6 is 0 Å². The average molecular weight is 235 g/mol. The molecule has 1 rings (SSSR count). The van der Waals surface area contributed by atoms with Gasteiger partial charge in [0.2, 0.25) is 5.91 Å². The highest BCUT2D eigenvalue weighted by Gasteiger charge is 2.03. The molecule has 0 aromatic heterocycles. The number of hydrogen-bond donors (Lipinski definition) is 0. The van der Waals surface area contributed by atoms with Crippen LogP contribution in [0.3, 0.4) is 0 Å². The minimum Gasteiger partial charge on any atom is -0.497 e. The molecule has 0 saturated carbocycles. The summed E-state index contributed by atoms with van der Waals surface area (Å²) >= 11 is 0. The first-order valence-electron chi connectivity index (χ1n) is 5.28. The molecule has 0 unspecified atom stereocenters. The van der Waals surface area contributed by atoms with Crippen LogP contribution in [0.5, 0.6) is 5.75 Å². The van der Waals surface area contributed by atoms with Crippen LogP contribution in [-0.4, -0.2) is 32.2 Å². The number of hydrogen-bond acceptors (Lipinski definition) is 3. The van der Waals surface area contributed by atoms with E-state index < -0.39 is 0 Å². The number of carbonyl (C=O) groups is 1. The molecule has 4 heteroatoms. The average Bonchev–Trinajstić information content (AvgIpc) is 2.38. The summed E-state index contributed by atoms with van der Waals surface area (Å²) in [7, 11) is 4.68. The van der Waals surface area contributed by atoms with Crippen LogP contribution in [0.15, 0.2) is 30.3 Å². The van der Waals surface area contributed by atoms with Gasteiger partial charge in [-0.05, 0) is 17.7 Å². The van der Waals surface area contributed by atoms with Crippen LogP contribution in [0.1, 0.15) is 12.0 Å². The van der Waals surface area contributed by atoms with Crippen molar-refractivity contribution >= 4 is 12.0 Å². The zero-order chi connectivity index (χ0) is 12.7. The van der Waals surface area contributed by atoms with Gasteiger partial charge in [0, 0.05) is 13.5 Å². The molecular weight excluding hydrogens is 218 g/mol. The SMILES string of the molecule is COc1ccc(C=CCC(=O)N(C)OC)cc1. The van der Waals surface area contributed by atoms with Gasteiger partial charge in [0.25, 0.3) is 0 Å². The summed E-state index contributed by atoms with van der Waals surface area (Å²) in [4.78, 5) is 16.2. The molecule has 0 fully saturated rings. The maximum absolute atomic E-state index is 11.4. The number of hydroxylamine groups is 2. The fourth-order valence-electron chi connectivity index (χ4n) is 1.24. The molecule has 0 heterocycles. The van der Waals surface area contributed by atoms with Crippen molar-refractivity contribution in [3.63, 3.8) is 0 Å². The molecule has 0 N–H and O–H groups in total. The Morgan fingerprint density at radius 1 is 1.29 bits per heavy atom. The van der Waals surface area contributed by atoms with E-state index in [4.69, 9.17) is 9.57 Å². The predicted octanol–water partition coefficient (Wildman–Crippen LogP) is 2.12. The number of benzene rings is 1. The minimum absolute atomic E-state index is 0.0859. The largest absolute Gasteiger partial charge is 0.497 e.